The molecule has 3 aromatic rings. The molecule has 0 saturated heterocycles. The van der Waals surface area contributed by atoms with Crippen LogP contribution >= 0.6 is 22.9 Å². The number of rotatable bonds is 6. The van der Waals surface area contributed by atoms with Crippen LogP contribution in [0.25, 0.3) is 15.9 Å². The Hall–Kier alpha value is -2.38. The first kappa shape index (κ1) is 18.4. The molecule has 0 aliphatic carbocycles. The van der Waals surface area contributed by atoms with Crippen LogP contribution in [0.15, 0.2) is 30.3 Å². The highest BCUT2D eigenvalue weighted by atomic mass is 35.5. The minimum Gasteiger partial charge on any atom is -0.469 e. The fourth-order valence-corrected chi connectivity index (χ4v) is 3.88. The molecule has 136 valence electrons. The second kappa shape index (κ2) is 7.88. The van der Waals surface area contributed by atoms with E-state index in [1.165, 1.54) is 18.4 Å². The van der Waals surface area contributed by atoms with Gasteiger partial charge in [-0.1, -0.05) is 23.7 Å². The number of carbonyl (C=O) groups excluding carboxylic acids is 2. The Morgan fingerprint density at radius 3 is 2.85 bits per heavy atom. The lowest BCUT2D eigenvalue weighted by atomic mass is 10.3. The molecular weight excluding hydrogens is 374 g/mol. The standard InChI is InChI=1S/C18H18ClN3O3S/c1-11-12-10-15(17(24)20-9-5-8-16(23)25-2)26-18(12)22(21-11)14-7-4-3-6-13(14)19/h3-4,6-7,10H,5,8-9H2,1-2H3,(H,20,24). The Bertz CT molecular complexity index is 964. The van der Waals surface area contributed by atoms with Crippen LogP contribution in [0.2, 0.25) is 5.02 Å². The van der Waals surface area contributed by atoms with Crippen molar-refractivity contribution >= 4 is 45.0 Å². The highest BCUT2D eigenvalue weighted by molar-refractivity contribution is 7.20. The highest BCUT2D eigenvalue weighted by Crippen LogP contribution is 2.32. The Balaban J connectivity index is 1.79. The normalized spacial score (nSPS) is 10.9. The third kappa shape index (κ3) is 3.73. The van der Waals surface area contributed by atoms with Crippen molar-refractivity contribution in [3.8, 4) is 5.69 Å². The molecule has 2 heterocycles. The van der Waals surface area contributed by atoms with Gasteiger partial charge in [-0.15, -0.1) is 11.3 Å². The summed E-state index contributed by atoms with van der Waals surface area (Å²) in [4.78, 5) is 24.9. The van der Waals surface area contributed by atoms with Gasteiger partial charge in [-0.3, -0.25) is 9.59 Å². The number of benzene rings is 1. The van der Waals surface area contributed by atoms with Crippen LogP contribution in [0.1, 0.15) is 28.2 Å². The Kier molecular flexibility index (Phi) is 5.58. The van der Waals surface area contributed by atoms with Gasteiger partial charge in [0, 0.05) is 18.4 Å². The minimum absolute atomic E-state index is 0.166. The number of methoxy groups -OCH3 is 1. The molecule has 3 rings (SSSR count). The molecule has 2 aromatic heterocycles. The first-order valence-electron chi connectivity index (χ1n) is 8.10. The predicted octanol–water partition coefficient (Wildman–Crippen LogP) is 3.73. The maximum absolute atomic E-state index is 12.4. The quantitative estimate of drug-likeness (QED) is 0.513. The molecule has 6 nitrogen and oxygen atoms in total. The topological polar surface area (TPSA) is 73.2 Å². The van der Waals surface area contributed by atoms with E-state index in [1.807, 2.05) is 37.3 Å². The van der Waals surface area contributed by atoms with E-state index in [1.54, 1.807) is 4.68 Å². The molecule has 8 heteroatoms. The average Bonchev–Trinajstić information content (AvgIpc) is 3.20. The molecule has 0 fully saturated rings. The first-order chi connectivity index (χ1) is 12.5. The van der Waals surface area contributed by atoms with Gasteiger partial charge in [0.15, 0.2) is 0 Å². The van der Waals surface area contributed by atoms with Gasteiger partial charge in [0.05, 0.1) is 28.4 Å². The third-order valence-electron chi connectivity index (χ3n) is 3.92. The van der Waals surface area contributed by atoms with Crippen LogP contribution in [0, 0.1) is 6.92 Å². The summed E-state index contributed by atoms with van der Waals surface area (Å²) in [5.41, 5.74) is 1.61. The number of nitrogens with zero attached hydrogens (tertiary/aromatic N) is 2. The zero-order valence-electron chi connectivity index (χ0n) is 14.4. The van der Waals surface area contributed by atoms with Gasteiger partial charge in [-0.05, 0) is 31.5 Å². The van der Waals surface area contributed by atoms with Gasteiger partial charge < -0.3 is 10.1 Å². The summed E-state index contributed by atoms with van der Waals surface area (Å²) >= 11 is 7.65. The van der Waals surface area contributed by atoms with E-state index in [2.05, 4.69) is 15.2 Å². The van der Waals surface area contributed by atoms with Crippen molar-refractivity contribution in [2.24, 2.45) is 0 Å². The lowest BCUT2D eigenvalue weighted by Gasteiger charge is -2.04. The van der Waals surface area contributed by atoms with Crippen LogP contribution in [-0.2, 0) is 9.53 Å². The molecule has 0 spiro atoms. The van der Waals surface area contributed by atoms with E-state index in [0.29, 0.717) is 22.9 Å². The molecule has 0 unspecified atom stereocenters. The van der Waals surface area contributed by atoms with Crippen molar-refractivity contribution in [1.82, 2.24) is 15.1 Å². The predicted molar refractivity (Wildman–Crippen MR) is 102 cm³/mol. The summed E-state index contributed by atoms with van der Waals surface area (Å²) in [5.74, 6) is -0.447. The second-order valence-corrected chi connectivity index (χ2v) is 7.15. The molecule has 0 atom stereocenters. The average molecular weight is 392 g/mol. The summed E-state index contributed by atoms with van der Waals surface area (Å²) in [7, 11) is 1.35. The zero-order valence-corrected chi connectivity index (χ0v) is 16.0. The van der Waals surface area contributed by atoms with Gasteiger partial charge in [-0.2, -0.15) is 5.10 Å². The van der Waals surface area contributed by atoms with Crippen LogP contribution in [0.3, 0.4) is 0 Å². The summed E-state index contributed by atoms with van der Waals surface area (Å²) in [6.45, 7) is 2.32. The molecule has 1 N–H and O–H groups in total. The largest absolute Gasteiger partial charge is 0.469 e. The minimum atomic E-state index is -0.281. The summed E-state index contributed by atoms with van der Waals surface area (Å²) in [6.07, 6.45) is 0.819. The number of hydrogen-bond donors (Lipinski definition) is 1. The number of nitrogens with one attached hydrogen (secondary N) is 1. The number of halogens is 1. The second-order valence-electron chi connectivity index (χ2n) is 5.71. The highest BCUT2D eigenvalue weighted by Gasteiger charge is 2.18. The Morgan fingerprint density at radius 1 is 1.35 bits per heavy atom. The molecule has 26 heavy (non-hydrogen) atoms. The van der Waals surface area contributed by atoms with Crippen molar-refractivity contribution < 1.29 is 14.3 Å². The van der Waals surface area contributed by atoms with Crippen molar-refractivity contribution in [3.63, 3.8) is 0 Å². The van der Waals surface area contributed by atoms with Crippen LogP contribution in [0.4, 0.5) is 0 Å². The van der Waals surface area contributed by atoms with E-state index in [0.717, 1.165) is 21.6 Å². The summed E-state index contributed by atoms with van der Waals surface area (Å²) in [6, 6.07) is 9.29. The lowest BCUT2D eigenvalue weighted by molar-refractivity contribution is -0.140. The molecule has 1 amide bonds. The maximum atomic E-state index is 12.4. The summed E-state index contributed by atoms with van der Waals surface area (Å²) < 4.78 is 6.35. The monoisotopic (exact) mass is 391 g/mol. The van der Waals surface area contributed by atoms with Crippen molar-refractivity contribution in [2.45, 2.75) is 19.8 Å². The van der Waals surface area contributed by atoms with Gasteiger partial charge >= 0.3 is 5.97 Å². The number of aryl methyl sites for hydroxylation is 1. The summed E-state index contributed by atoms with van der Waals surface area (Å²) in [5, 5.41) is 8.89. The SMILES string of the molecule is COC(=O)CCCNC(=O)c1cc2c(C)nn(-c3ccccc3Cl)c2s1. The van der Waals surface area contributed by atoms with Gasteiger partial charge in [-0.25, -0.2) is 4.68 Å². The zero-order chi connectivity index (χ0) is 18.7. The number of fused-ring (bicyclic) bond motifs is 1. The van der Waals surface area contributed by atoms with Gasteiger partial charge in [0.2, 0.25) is 0 Å². The Morgan fingerprint density at radius 2 is 2.12 bits per heavy atom. The third-order valence-corrected chi connectivity index (χ3v) is 5.35. The number of esters is 1. The number of thiophene rings is 1. The van der Waals surface area contributed by atoms with E-state index >= 15 is 0 Å². The van der Waals surface area contributed by atoms with Gasteiger partial charge in [0.25, 0.3) is 5.91 Å². The molecule has 0 saturated carbocycles. The number of amides is 1. The fourth-order valence-electron chi connectivity index (χ4n) is 2.57. The maximum Gasteiger partial charge on any atom is 0.305 e. The Labute approximate surface area is 159 Å². The van der Waals surface area contributed by atoms with Crippen molar-refractivity contribution in [3.05, 3.63) is 45.9 Å². The van der Waals surface area contributed by atoms with E-state index in [9.17, 15) is 9.59 Å². The number of hydrogen-bond acceptors (Lipinski definition) is 5. The van der Waals surface area contributed by atoms with E-state index in [-0.39, 0.29) is 18.3 Å². The van der Waals surface area contributed by atoms with Crippen LogP contribution in [-0.4, -0.2) is 35.3 Å². The molecule has 0 radical (unpaired) electrons. The molecule has 1 aromatic carbocycles. The molecular formula is C18H18ClN3O3S. The van der Waals surface area contributed by atoms with E-state index < -0.39 is 0 Å². The molecule has 0 aliphatic heterocycles. The number of carbonyl (C=O) groups is 2. The number of aromatic nitrogens is 2. The van der Waals surface area contributed by atoms with Crippen molar-refractivity contribution in [2.75, 3.05) is 13.7 Å². The molecule has 0 aliphatic rings. The number of para-hydroxylation sites is 1. The van der Waals surface area contributed by atoms with Crippen LogP contribution in [0.5, 0.6) is 0 Å². The smallest absolute Gasteiger partial charge is 0.305 e. The van der Waals surface area contributed by atoms with Crippen LogP contribution < -0.4 is 5.32 Å². The van der Waals surface area contributed by atoms with Gasteiger partial charge in [0.1, 0.15) is 4.83 Å². The molecule has 0 bridgehead atoms. The number of ether oxygens (including phenoxy) is 1. The first-order valence-corrected chi connectivity index (χ1v) is 9.29. The van der Waals surface area contributed by atoms with Crippen molar-refractivity contribution in [1.29, 1.82) is 0 Å². The lowest BCUT2D eigenvalue weighted by Crippen LogP contribution is -2.24. The fraction of sp³-hybridized carbons (Fsp3) is 0.278. The van der Waals surface area contributed by atoms with E-state index in [4.69, 9.17) is 11.6 Å².